The number of allylic oxidation sites excluding steroid dienone is 1. The van der Waals surface area contributed by atoms with Gasteiger partial charge in [0.1, 0.15) is 17.4 Å². The number of carbonyl (C=O) groups excluding carboxylic acids is 1. The standard InChI is InChI=1S/C16H11F3N2O2/c1-10-7-13(15(23-10)16(17,18)19)14(22)11(8-20)9-21-12-5-3-2-4-6-12/h2-7,9,21H,1H3/b11-9+. The van der Waals surface area contributed by atoms with Gasteiger partial charge in [-0.1, -0.05) is 18.2 Å². The summed E-state index contributed by atoms with van der Waals surface area (Å²) in [6.07, 6.45) is -3.74. The summed E-state index contributed by atoms with van der Waals surface area (Å²) in [5, 5.41) is 11.7. The molecule has 0 bridgehead atoms. The van der Waals surface area contributed by atoms with Gasteiger partial charge in [-0.05, 0) is 25.1 Å². The Bertz CT molecular complexity index is 784. The van der Waals surface area contributed by atoms with Crippen molar-refractivity contribution in [3.05, 3.63) is 65.3 Å². The highest BCUT2D eigenvalue weighted by molar-refractivity contribution is 6.12. The van der Waals surface area contributed by atoms with Gasteiger partial charge in [-0.15, -0.1) is 0 Å². The van der Waals surface area contributed by atoms with Crippen molar-refractivity contribution in [1.29, 1.82) is 5.26 Å². The van der Waals surface area contributed by atoms with Crippen LogP contribution in [-0.2, 0) is 6.18 Å². The van der Waals surface area contributed by atoms with Gasteiger partial charge in [0.25, 0.3) is 0 Å². The molecular formula is C16H11F3N2O2. The van der Waals surface area contributed by atoms with Crippen molar-refractivity contribution in [3.63, 3.8) is 0 Å². The van der Waals surface area contributed by atoms with E-state index in [-0.39, 0.29) is 5.76 Å². The van der Waals surface area contributed by atoms with Crippen LogP contribution in [0.3, 0.4) is 0 Å². The maximum atomic E-state index is 12.9. The summed E-state index contributed by atoms with van der Waals surface area (Å²) in [6.45, 7) is 1.30. The van der Waals surface area contributed by atoms with Crippen LogP contribution < -0.4 is 5.32 Å². The molecule has 1 N–H and O–H groups in total. The van der Waals surface area contributed by atoms with Crippen LogP contribution in [0.4, 0.5) is 18.9 Å². The van der Waals surface area contributed by atoms with E-state index in [1.165, 1.54) is 6.92 Å². The number of nitriles is 1. The first kappa shape index (κ1) is 16.4. The highest BCUT2D eigenvalue weighted by atomic mass is 19.4. The first-order chi connectivity index (χ1) is 10.8. The van der Waals surface area contributed by atoms with Crippen LogP contribution in [0.2, 0.25) is 0 Å². The zero-order valence-electron chi connectivity index (χ0n) is 11.9. The Morgan fingerprint density at radius 1 is 1.30 bits per heavy atom. The lowest BCUT2D eigenvalue weighted by molar-refractivity contribution is -0.153. The Kier molecular flexibility index (Phi) is 4.55. The van der Waals surface area contributed by atoms with E-state index < -0.39 is 28.9 Å². The Labute approximate surface area is 129 Å². The van der Waals surface area contributed by atoms with E-state index in [1.807, 2.05) is 0 Å². The Balaban J connectivity index is 2.33. The third-order valence-electron chi connectivity index (χ3n) is 2.88. The van der Waals surface area contributed by atoms with E-state index in [9.17, 15) is 18.0 Å². The van der Waals surface area contributed by atoms with Crippen LogP contribution in [0.1, 0.15) is 21.9 Å². The van der Waals surface area contributed by atoms with Crippen molar-refractivity contribution < 1.29 is 22.4 Å². The molecule has 0 saturated heterocycles. The lowest BCUT2D eigenvalue weighted by atomic mass is 10.0. The zero-order valence-corrected chi connectivity index (χ0v) is 11.9. The van der Waals surface area contributed by atoms with Crippen molar-refractivity contribution in [3.8, 4) is 6.07 Å². The van der Waals surface area contributed by atoms with Gasteiger partial charge in [0.15, 0.2) is 0 Å². The van der Waals surface area contributed by atoms with Crippen molar-refractivity contribution in [2.24, 2.45) is 0 Å². The average molecular weight is 320 g/mol. The topological polar surface area (TPSA) is 66.0 Å². The first-order valence-corrected chi connectivity index (χ1v) is 6.47. The van der Waals surface area contributed by atoms with Crippen molar-refractivity contribution >= 4 is 11.5 Å². The highest BCUT2D eigenvalue weighted by Gasteiger charge is 2.40. The van der Waals surface area contributed by atoms with Crippen LogP contribution in [0.25, 0.3) is 0 Å². The number of aryl methyl sites for hydroxylation is 1. The fraction of sp³-hybridized carbons (Fsp3) is 0.125. The Morgan fingerprint density at radius 2 is 1.96 bits per heavy atom. The number of furan rings is 1. The smallest absolute Gasteiger partial charge is 0.450 e. The summed E-state index contributed by atoms with van der Waals surface area (Å²) in [6, 6.07) is 11.2. The molecule has 118 valence electrons. The summed E-state index contributed by atoms with van der Waals surface area (Å²) in [5.74, 6) is -2.52. The van der Waals surface area contributed by atoms with Crippen molar-refractivity contribution in [2.45, 2.75) is 13.1 Å². The van der Waals surface area contributed by atoms with E-state index in [0.717, 1.165) is 12.3 Å². The molecule has 2 rings (SSSR count). The summed E-state index contributed by atoms with van der Waals surface area (Å²) in [7, 11) is 0. The number of Topliss-reactive ketones (excluding diaryl/α,β-unsaturated/α-hetero) is 1. The van der Waals surface area contributed by atoms with E-state index in [0.29, 0.717) is 5.69 Å². The molecule has 0 saturated carbocycles. The lowest BCUT2D eigenvalue weighted by Gasteiger charge is -2.05. The van der Waals surface area contributed by atoms with Gasteiger partial charge in [0.05, 0.1) is 5.56 Å². The van der Waals surface area contributed by atoms with Gasteiger partial charge in [0, 0.05) is 11.9 Å². The van der Waals surface area contributed by atoms with Gasteiger partial charge < -0.3 is 9.73 Å². The summed E-state index contributed by atoms with van der Waals surface area (Å²) >= 11 is 0. The third-order valence-corrected chi connectivity index (χ3v) is 2.88. The molecule has 23 heavy (non-hydrogen) atoms. The molecule has 2 aromatic rings. The van der Waals surface area contributed by atoms with Crippen LogP contribution in [-0.4, -0.2) is 5.78 Å². The van der Waals surface area contributed by atoms with Gasteiger partial charge in [-0.3, -0.25) is 4.79 Å². The Morgan fingerprint density at radius 3 is 2.52 bits per heavy atom. The summed E-state index contributed by atoms with van der Waals surface area (Å²) in [4.78, 5) is 12.2. The number of anilines is 1. The largest absolute Gasteiger partial charge is 0.456 e. The maximum absolute atomic E-state index is 12.9. The summed E-state index contributed by atoms with van der Waals surface area (Å²) in [5.41, 5.74) is -0.551. The molecule has 0 unspecified atom stereocenters. The van der Waals surface area contributed by atoms with E-state index in [2.05, 4.69) is 9.73 Å². The molecule has 0 aliphatic heterocycles. The third kappa shape index (κ3) is 3.80. The average Bonchev–Trinajstić information content (AvgIpc) is 2.91. The van der Waals surface area contributed by atoms with Gasteiger partial charge in [-0.2, -0.15) is 18.4 Å². The highest BCUT2D eigenvalue weighted by Crippen LogP contribution is 2.35. The summed E-state index contributed by atoms with van der Waals surface area (Å²) < 4.78 is 43.2. The quantitative estimate of drug-likeness (QED) is 0.518. The molecule has 1 aromatic heterocycles. The number of para-hydroxylation sites is 1. The van der Waals surface area contributed by atoms with Crippen LogP contribution in [0.5, 0.6) is 0 Å². The van der Waals surface area contributed by atoms with Crippen LogP contribution in [0.15, 0.2) is 52.6 Å². The molecule has 0 amide bonds. The fourth-order valence-corrected chi connectivity index (χ4v) is 1.88. The van der Waals surface area contributed by atoms with Crippen molar-refractivity contribution in [1.82, 2.24) is 0 Å². The van der Waals surface area contributed by atoms with E-state index >= 15 is 0 Å². The number of ketones is 1. The molecule has 0 aliphatic rings. The molecule has 0 atom stereocenters. The van der Waals surface area contributed by atoms with Crippen LogP contribution in [0, 0.1) is 18.3 Å². The monoisotopic (exact) mass is 320 g/mol. The minimum atomic E-state index is -4.81. The van der Waals surface area contributed by atoms with E-state index in [4.69, 9.17) is 5.26 Å². The second kappa shape index (κ2) is 6.40. The maximum Gasteiger partial charge on any atom is 0.450 e. The van der Waals surface area contributed by atoms with Gasteiger partial charge in [-0.25, -0.2) is 0 Å². The molecule has 0 fully saturated rings. The lowest BCUT2D eigenvalue weighted by Crippen LogP contribution is -2.12. The molecule has 1 heterocycles. The van der Waals surface area contributed by atoms with Crippen LogP contribution >= 0.6 is 0 Å². The molecule has 4 nitrogen and oxygen atoms in total. The molecule has 1 aromatic carbocycles. The number of benzene rings is 1. The second-order valence-corrected chi connectivity index (χ2v) is 4.61. The number of halogens is 3. The van der Waals surface area contributed by atoms with Gasteiger partial charge >= 0.3 is 6.18 Å². The Hall–Kier alpha value is -3.01. The predicted molar refractivity (Wildman–Crippen MR) is 76.5 cm³/mol. The molecule has 7 heteroatoms. The number of carbonyl (C=O) groups is 1. The minimum absolute atomic E-state index is 0.0611. The molecule has 0 spiro atoms. The van der Waals surface area contributed by atoms with Crippen molar-refractivity contribution in [2.75, 3.05) is 5.32 Å². The second-order valence-electron chi connectivity index (χ2n) is 4.61. The van der Waals surface area contributed by atoms with Gasteiger partial charge in [0.2, 0.25) is 11.5 Å². The predicted octanol–water partition coefficient (Wildman–Crippen LogP) is 4.31. The molecular weight excluding hydrogens is 309 g/mol. The zero-order chi connectivity index (χ0) is 17.0. The SMILES string of the molecule is Cc1cc(C(=O)/C(C#N)=C/Nc2ccccc2)c(C(F)(F)F)o1. The number of rotatable bonds is 4. The molecule has 0 aliphatic carbocycles. The number of alkyl halides is 3. The van der Waals surface area contributed by atoms with E-state index in [1.54, 1.807) is 36.4 Å². The number of nitrogens with one attached hydrogen (secondary N) is 1. The first-order valence-electron chi connectivity index (χ1n) is 6.47. The number of nitrogens with zero attached hydrogens (tertiary/aromatic N) is 1. The molecule has 0 radical (unpaired) electrons. The minimum Gasteiger partial charge on any atom is -0.456 e. The fourth-order valence-electron chi connectivity index (χ4n) is 1.88. The normalized spacial score (nSPS) is 11.9. The number of hydrogen-bond donors (Lipinski definition) is 1. The number of hydrogen-bond acceptors (Lipinski definition) is 4.